The zero-order chi connectivity index (χ0) is 18.2. The van der Waals surface area contributed by atoms with E-state index < -0.39 is 33.4 Å². The monoisotopic (exact) mass is 441 g/mol. The number of H-pyrrole nitrogens is 1. The van der Waals surface area contributed by atoms with Gasteiger partial charge in [0, 0.05) is 17.1 Å². The molecule has 5 nitrogen and oxygen atoms in total. The molecule has 2 heterocycles. The van der Waals surface area contributed by atoms with E-state index in [1.54, 1.807) is 19.2 Å². The fraction of sp³-hybridized carbons (Fsp3) is 0.235. The number of sulfone groups is 1. The Bertz CT molecular complexity index is 1020. The van der Waals surface area contributed by atoms with Gasteiger partial charge in [0.1, 0.15) is 4.21 Å². The van der Waals surface area contributed by atoms with E-state index in [1.165, 1.54) is 6.07 Å². The molecule has 0 spiro atoms. The molecule has 8 heteroatoms. The van der Waals surface area contributed by atoms with Gasteiger partial charge in [0.25, 0.3) is 0 Å². The van der Waals surface area contributed by atoms with Crippen molar-refractivity contribution in [2.24, 2.45) is 5.92 Å². The molecule has 3 rings (SSSR count). The van der Waals surface area contributed by atoms with Crippen LogP contribution in [0.1, 0.15) is 18.4 Å². The summed E-state index contributed by atoms with van der Waals surface area (Å²) in [6.45, 7) is 1.76. The van der Waals surface area contributed by atoms with E-state index in [2.05, 4.69) is 20.9 Å². The molecule has 25 heavy (non-hydrogen) atoms. The number of carboxylic acids is 1. The summed E-state index contributed by atoms with van der Waals surface area (Å²) in [6, 6.07) is 10.7. The number of aliphatic carboxylic acids is 1. The molecule has 132 valence electrons. The van der Waals surface area contributed by atoms with E-state index in [4.69, 9.17) is 0 Å². The van der Waals surface area contributed by atoms with Crippen LogP contribution in [0.25, 0.3) is 10.9 Å². The number of para-hydroxylation sites is 1. The van der Waals surface area contributed by atoms with Crippen LogP contribution in [-0.4, -0.2) is 30.2 Å². The van der Waals surface area contributed by atoms with Crippen LogP contribution in [0.3, 0.4) is 0 Å². The standard InChI is InChI=1S/C17H16BrNO4S2/c1-10(12-8-19-14-5-3-2-4-11(12)14)13(17(20)21)9-25(22,23)16-7-6-15(18)24-16/h2-8,10,13,19H,9H2,1H3,(H,20,21)/t10-,13-/m1/s1. The summed E-state index contributed by atoms with van der Waals surface area (Å²) < 4.78 is 26.1. The van der Waals surface area contributed by atoms with Crippen molar-refractivity contribution in [1.29, 1.82) is 0 Å². The molecule has 1 aromatic carbocycles. The first-order valence-electron chi connectivity index (χ1n) is 7.56. The topological polar surface area (TPSA) is 87.2 Å². The molecule has 0 fully saturated rings. The Morgan fingerprint density at radius 3 is 2.64 bits per heavy atom. The van der Waals surface area contributed by atoms with Gasteiger partial charge in [-0.1, -0.05) is 25.1 Å². The summed E-state index contributed by atoms with van der Waals surface area (Å²) in [5.41, 5.74) is 1.71. The molecular formula is C17H16BrNO4S2. The maximum atomic E-state index is 12.6. The second kappa shape index (κ2) is 6.93. The number of thiophene rings is 1. The number of carbonyl (C=O) groups is 1. The number of carboxylic acid groups (broad SMARTS) is 1. The van der Waals surface area contributed by atoms with Gasteiger partial charge in [0.2, 0.25) is 0 Å². The minimum Gasteiger partial charge on any atom is -0.481 e. The highest BCUT2D eigenvalue weighted by molar-refractivity contribution is 9.11. The molecule has 2 N–H and O–H groups in total. The van der Waals surface area contributed by atoms with E-state index in [-0.39, 0.29) is 4.21 Å². The van der Waals surface area contributed by atoms with E-state index in [9.17, 15) is 18.3 Å². The molecule has 0 bridgehead atoms. The van der Waals surface area contributed by atoms with Crippen LogP contribution in [-0.2, 0) is 14.6 Å². The normalized spacial score (nSPS) is 14.5. The Balaban J connectivity index is 1.95. The Morgan fingerprint density at radius 2 is 2.00 bits per heavy atom. The number of hydrogen-bond acceptors (Lipinski definition) is 4. The van der Waals surface area contributed by atoms with Crippen LogP contribution in [0.15, 0.2) is 50.6 Å². The predicted molar refractivity (Wildman–Crippen MR) is 102 cm³/mol. The van der Waals surface area contributed by atoms with Crippen LogP contribution in [0, 0.1) is 5.92 Å². The molecule has 0 aliphatic carbocycles. The van der Waals surface area contributed by atoms with Crippen molar-refractivity contribution in [2.75, 3.05) is 5.75 Å². The van der Waals surface area contributed by atoms with Crippen molar-refractivity contribution in [3.05, 3.63) is 51.9 Å². The van der Waals surface area contributed by atoms with Crippen molar-refractivity contribution in [1.82, 2.24) is 4.98 Å². The molecule has 0 saturated heterocycles. The number of hydrogen-bond donors (Lipinski definition) is 2. The highest BCUT2D eigenvalue weighted by Crippen LogP contribution is 2.34. The number of rotatable bonds is 6. The minimum atomic E-state index is -3.68. The number of aromatic amines is 1. The number of fused-ring (bicyclic) bond motifs is 1. The molecule has 2 atom stereocenters. The number of halogens is 1. The average Bonchev–Trinajstić information content (AvgIpc) is 3.18. The van der Waals surface area contributed by atoms with E-state index in [0.29, 0.717) is 3.79 Å². The molecule has 0 saturated carbocycles. The molecular weight excluding hydrogens is 426 g/mol. The third-order valence-electron chi connectivity index (χ3n) is 4.29. The van der Waals surface area contributed by atoms with Crippen LogP contribution in [0.5, 0.6) is 0 Å². The van der Waals surface area contributed by atoms with Gasteiger partial charge in [-0.15, -0.1) is 11.3 Å². The van der Waals surface area contributed by atoms with Crippen LogP contribution in [0.4, 0.5) is 0 Å². The summed E-state index contributed by atoms with van der Waals surface area (Å²) in [4.78, 5) is 14.9. The van der Waals surface area contributed by atoms with E-state index in [0.717, 1.165) is 27.8 Å². The van der Waals surface area contributed by atoms with Gasteiger partial charge in [-0.2, -0.15) is 0 Å². The number of aromatic nitrogens is 1. The summed E-state index contributed by atoms with van der Waals surface area (Å²) in [5.74, 6) is -3.04. The Morgan fingerprint density at radius 1 is 1.28 bits per heavy atom. The second-order valence-electron chi connectivity index (χ2n) is 5.86. The molecule has 0 unspecified atom stereocenters. The van der Waals surface area contributed by atoms with Crippen LogP contribution in [0.2, 0.25) is 0 Å². The highest BCUT2D eigenvalue weighted by Gasteiger charge is 2.33. The first-order valence-corrected chi connectivity index (χ1v) is 10.8. The Hall–Kier alpha value is -1.64. The lowest BCUT2D eigenvalue weighted by atomic mass is 9.88. The summed E-state index contributed by atoms with van der Waals surface area (Å²) in [5, 5.41) is 10.6. The zero-order valence-corrected chi connectivity index (χ0v) is 16.5. The summed E-state index contributed by atoms with van der Waals surface area (Å²) >= 11 is 4.33. The van der Waals surface area contributed by atoms with Gasteiger partial charge in [-0.05, 0) is 45.6 Å². The van der Waals surface area contributed by atoms with Crippen molar-refractivity contribution >= 4 is 54.0 Å². The second-order valence-corrected chi connectivity index (χ2v) is 10.6. The highest BCUT2D eigenvalue weighted by atomic mass is 79.9. The largest absolute Gasteiger partial charge is 0.481 e. The SMILES string of the molecule is C[C@H](c1c[nH]c2ccccc12)[C@@H](CS(=O)(=O)c1ccc(Br)s1)C(=O)O. The van der Waals surface area contributed by atoms with Gasteiger partial charge in [-0.3, -0.25) is 4.79 Å². The third kappa shape index (κ3) is 3.65. The van der Waals surface area contributed by atoms with Crippen molar-refractivity contribution in [2.45, 2.75) is 17.1 Å². The maximum absolute atomic E-state index is 12.6. The number of benzene rings is 1. The lowest BCUT2D eigenvalue weighted by molar-refractivity contribution is -0.141. The van der Waals surface area contributed by atoms with Crippen molar-refractivity contribution in [3.8, 4) is 0 Å². The predicted octanol–water partition coefficient (Wildman–Crippen LogP) is 4.27. The Kier molecular flexibility index (Phi) is 5.04. The molecule has 0 amide bonds. The van der Waals surface area contributed by atoms with Gasteiger partial charge in [0.05, 0.1) is 15.5 Å². The average molecular weight is 442 g/mol. The van der Waals surface area contributed by atoms with Gasteiger partial charge in [0.15, 0.2) is 9.84 Å². The summed E-state index contributed by atoms with van der Waals surface area (Å²) in [7, 11) is -3.68. The van der Waals surface area contributed by atoms with E-state index in [1.807, 2.05) is 24.3 Å². The molecule has 0 radical (unpaired) electrons. The van der Waals surface area contributed by atoms with Crippen LogP contribution >= 0.6 is 27.3 Å². The first-order chi connectivity index (χ1) is 11.8. The fourth-order valence-corrected chi connectivity index (χ4v) is 6.67. The van der Waals surface area contributed by atoms with E-state index >= 15 is 0 Å². The lowest BCUT2D eigenvalue weighted by Gasteiger charge is -2.19. The molecule has 0 aliphatic rings. The fourth-order valence-electron chi connectivity index (χ4n) is 2.90. The number of nitrogens with one attached hydrogen (secondary N) is 1. The van der Waals surface area contributed by atoms with Gasteiger partial charge < -0.3 is 10.1 Å². The third-order valence-corrected chi connectivity index (χ3v) is 8.26. The quantitative estimate of drug-likeness (QED) is 0.597. The van der Waals surface area contributed by atoms with Crippen molar-refractivity contribution < 1.29 is 18.3 Å². The summed E-state index contributed by atoms with van der Waals surface area (Å²) in [6.07, 6.45) is 1.76. The first kappa shape index (κ1) is 18.2. The zero-order valence-electron chi connectivity index (χ0n) is 13.3. The lowest BCUT2D eigenvalue weighted by Crippen LogP contribution is -2.28. The molecule has 3 aromatic rings. The Labute approximate surface area is 157 Å². The van der Waals surface area contributed by atoms with Gasteiger partial charge >= 0.3 is 5.97 Å². The van der Waals surface area contributed by atoms with Gasteiger partial charge in [-0.25, -0.2) is 8.42 Å². The molecule has 2 aromatic heterocycles. The smallest absolute Gasteiger partial charge is 0.308 e. The van der Waals surface area contributed by atoms with Crippen LogP contribution < -0.4 is 0 Å². The maximum Gasteiger partial charge on any atom is 0.308 e. The molecule has 0 aliphatic heterocycles. The minimum absolute atomic E-state index is 0.178. The van der Waals surface area contributed by atoms with Crippen molar-refractivity contribution in [3.63, 3.8) is 0 Å².